The van der Waals surface area contributed by atoms with Crippen molar-refractivity contribution in [2.45, 2.75) is 185 Å². The molecule has 0 spiro atoms. The lowest BCUT2D eigenvalue weighted by atomic mass is 10.1. The van der Waals surface area contributed by atoms with Crippen molar-refractivity contribution in [1.29, 1.82) is 0 Å². The molecule has 8 atom stereocenters. The number of nitrogen functional groups attached to an aromatic ring is 1. The second kappa shape index (κ2) is 36.4. The summed E-state index contributed by atoms with van der Waals surface area (Å²) >= 11 is 0. The van der Waals surface area contributed by atoms with Crippen LogP contribution in [0, 0.1) is 0 Å². The molecule has 1 aromatic rings. The molecule has 1 aliphatic heterocycles. The number of rotatable bonds is 39. The number of phosphoric ester groups is 2. The summed E-state index contributed by atoms with van der Waals surface area (Å²) in [7, 11) is -10.9. The van der Waals surface area contributed by atoms with Gasteiger partial charge in [-0.15, -0.1) is 0 Å². The number of hydrogen-bond acceptors (Lipinski definition) is 16. The van der Waals surface area contributed by atoms with E-state index in [-0.39, 0.29) is 24.8 Å². The highest BCUT2D eigenvalue weighted by molar-refractivity contribution is 7.61. The van der Waals surface area contributed by atoms with Gasteiger partial charge in [0.15, 0.2) is 12.3 Å². The van der Waals surface area contributed by atoms with Crippen LogP contribution in [-0.2, 0) is 46.3 Å². The zero-order valence-corrected chi connectivity index (χ0v) is 42.2. The Morgan fingerprint density at radius 1 is 0.754 bits per heavy atom. The van der Waals surface area contributed by atoms with Gasteiger partial charge in [0.2, 0.25) is 0 Å². The van der Waals surface area contributed by atoms with Crippen LogP contribution in [0.25, 0.3) is 0 Å². The number of aromatic nitrogens is 2. The van der Waals surface area contributed by atoms with Crippen LogP contribution in [0.15, 0.2) is 77.8 Å². The average Bonchev–Trinajstić information content (AvgIpc) is 3.57. The lowest BCUT2D eigenvalue weighted by Crippen LogP contribution is -2.36. The first-order chi connectivity index (χ1) is 33.0. The molecule has 0 radical (unpaired) electrons. The van der Waals surface area contributed by atoms with Gasteiger partial charge in [0.05, 0.1) is 19.3 Å². The number of nitrogens with two attached hydrogens (primary N) is 1. The Balaban J connectivity index is 1.84. The van der Waals surface area contributed by atoms with Crippen LogP contribution >= 0.6 is 15.6 Å². The van der Waals surface area contributed by atoms with Crippen LogP contribution in [0.3, 0.4) is 0 Å². The van der Waals surface area contributed by atoms with Crippen LogP contribution in [0.2, 0.25) is 0 Å². The Kier molecular flexibility index (Phi) is 32.4. The molecule has 0 saturated carbocycles. The van der Waals surface area contributed by atoms with E-state index in [1.165, 1.54) is 31.7 Å². The Morgan fingerprint density at radius 2 is 1.29 bits per heavy atom. The minimum atomic E-state index is -5.44. The van der Waals surface area contributed by atoms with Crippen molar-refractivity contribution >= 4 is 33.4 Å². The number of phosphoric acid groups is 2. The van der Waals surface area contributed by atoms with E-state index < -0.39 is 83.7 Å². The van der Waals surface area contributed by atoms with Gasteiger partial charge in [0.25, 0.3) is 0 Å². The first kappa shape index (κ1) is 61.5. The molecule has 1 fully saturated rings. The Morgan fingerprint density at radius 3 is 1.91 bits per heavy atom. The highest BCUT2D eigenvalue weighted by Gasteiger charge is 2.46. The van der Waals surface area contributed by atoms with Gasteiger partial charge >= 0.3 is 33.3 Å². The fraction of sp³-hybridized carbons (Fsp3) is 0.667. The van der Waals surface area contributed by atoms with Crippen molar-refractivity contribution in [1.82, 2.24) is 9.55 Å². The number of ether oxygens (including phenoxy) is 3. The second-order valence-corrected chi connectivity index (χ2v) is 19.9. The number of esters is 2. The second-order valence-electron chi connectivity index (χ2n) is 16.9. The van der Waals surface area contributed by atoms with Gasteiger partial charge in [0.1, 0.15) is 30.7 Å². The molecule has 0 aromatic carbocycles. The van der Waals surface area contributed by atoms with Crippen molar-refractivity contribution in [2.24, 2.45) is 0 Å². The number of hydrogen-bond donors (Lipinski definition) is 6. The molecule has 7 N–H and O–H groups in total. The predicted molar refractivity (Wildman–Crippen MR) is 262 cm³/mol. The summed E-state index contributed by atoms with van der Waals surface area (Å²) in [5.74, 6) is -1.40. The van der Waals surface area contributed by atoms with Crippen LogP contribution in [0.4, 0.5) is 5.82 Å². The third kappa shape index (κ3) is 30.0. The van der Waals surface area contributed by atoms with Gasteiger partial charge in [-0.3, -0.25) is 23.2 Å². The van der Waals surface area contributed by atoms with Gasteiger partial charge in [-0.1, -0.05) is 106 Å². The summed E-state index contributed by atoms with van der Waals surface area (Å²) in [6.07, 6.45) is 31.6. The molecular weight excluding hydrogens is 936 g/mol. The van der Waals surface area contributed by atoms with Crippen molar-refractivity contribution in [3.05, 3.63) is 83.5 Å². The van der Waals surface area contributed by atoms with E-state index in [2.05, 4.69) is 64.8 Å². The molecule has 1 saturated heterocycles. The lowest BCUT2D eigenvalue weighted by molar-refractivity contribution is -0.161. The first-order valence-corrected chi connectivity index (χ1v) is 27.3. The quantitative estimate of drug-likeness (QED) is 0.0156. The molecule has 2 heterocycles. The maximum atomic E-state index is 12.8. The molecule has 2 unspecified atom stereocenters. The molecule has 2 rings (SSSR count). The van der Waals surface area contributed by atoms with Crippen molar-refractivity contribution in [2.75, 3.05) is 25.6 Å². The zero-order chi connectivity index (χ0) is 50.8. The molecule has 0 amide bonds. The van der Waals surface area contributed by atoms with E-state index in [1.807, 2.05) is 12.2 Å². The van der Waals surface area contributed by atoms with E-state index >= 15 is 0 Å². The van der Waals surface area contributed by atoms with E-state index in [0.717, 1.165) is 87.8 Å². The van der Waals surface area contributed by atoms with Crippen LogP contribution in [-0.4, -0.2) is 96.9 Å². The molecule has 1 aliphatic rings. The summed E-state index contributed by atoms with van der Waals surface area (Å²) in [5.41, 5.74) is 4.57. The molecule has 392 valence electrons. The zero-order valence-electron chi connectivity index (χ0n) is 40.5. The third-order valence-electron chi connectivity index (χ3n) is 10.6. The maximum Gasteiger partial charge on any atom is 0.481 e. The summed E-state index contributed by atoms with van der Waals surface area (Å²) in [6, 6.07) is 1.24. The number of unbranched alkanes of at least 4 members (excludes halogenated alkanes) is 11. The van der Waals surface area contributed by atoms with Crippen LogP contribution in [0.5, 0.6) is 0 Å². The molecule has 21 heteroatoms. The van der Waals surface area contributed by atoms with Gasteiger partial charge < -0.3 is 45.1 Å². The van der Waals surface area contributed by atoms with E-state index in [1.54, 1.807) is 6.92 Å². The normalized spacial score (nSPS) is 20.3. The van der Waals surface area contributed by atoms with Gasteiger partial charge in [-0.05, 0) is 96.5 Å². The topological polar surface area (TPSA) is 286 Å². The number of aliphatic hydroxyl groups is 3. The Bertz CT molecular complexity index is 1900. The smallest absolute Gasteiger partial charge is 0.462 e. The van der Waals surface area contributed by atoms with Crippen molar-refractivity contribution < 1.29 is 71.4 Å². The maximum absolute atomic E-state index is 12.8. The fourth-order valence-electron chi connectivity index (χ4n) is 6.79. The summed E-state index contributed by atoms with van der Waals surface area (Å²) in [4.78, 5) is 61.8. The highest BCUT2D eigenvalue weighted by atomic mass is 31.3. The summed E-state index contributed by atoms with van der Waals surface area (Å²) < 4.78 is 56.6. The lowest BCUT2D eigenvalue weighted by Gasteiger charge is -2.21. The van der Waals surface area contributed by atoms with Gasteiger partial charge in [0, 0.05) is 19.0 Å². The number of anilines is 1. The highest BCUT2D eigenvalue weighted by Crippen LogP contribution is 2.60. The van der Waals surface area contributed by atoms with Gasteiger partial charge in [-0.2, -0.15) is 9.29 Å². The number of allylic oxidation sites excluding steroid dienone is 10. The largest absolute Gasteiger partial charge is 0.481 e. The van der Waals surface area contributed by atoms with E-state index in [0.29, 0.717) is 19.3 Å². The SMILES string of the molecule is CCCCCC/C=C\CCCCCCCC(=O)O[C@H](COC(=O)CCC/C=C\C/C=C\C/C=C\C/C=C\CCC[C@@H](C)O)COP(=O)(O)OP(=O)(O)OC[C@H]1O[C@@H](n2ccc(N)nc2=O)[C@H](O)[C@@H]1O. The Labute approximate surface area is 407 Å². The first-order valence-electron chi connectivity index (χ1n) is 24.3. The molecule has 69 heavy (non-hydrogen) atoms. The van der Waals surface area contributed by atoms with E-state index in [9.17, 15) is 48.6 Å². The number of carbonyl (C=O) groups is 2. The van der Waals surface area contributed by atoms with Crippen LogP contribution < -0.4 is 11.4 Å². The third-order valence-corrected chi connectivity index (χ3v) is 13.2. The fourth-order valence-corrected chi connectivity index (χ4v) is 8.90. The molecular formula is C48H79N3O16P2. The van der Waals surface area contributed by atoms with Crippen LogP contribution in [0.1, 0.15) is 155 Å². The minimum absolute atomic E-state index is 0.0197. The minimum Gasteiger partial charge on any atom is -0.462 e. The predicted octanol–water partition coefficient (Wildman–Crippen LogP) is 8.52. The van der Waals surface area contributed by atoms with E-state index in [4.69, 9.17) is 29.0 Å². The number of carbonyl (C=O) groups excluding carboxylic acids is 2. The van der Waals surface area contributed by atoms with Gasteiger partial charge in [-0.25, -0.2) is 13.9 Å². The molecule has 19 nitrogen and oxygen atoms in total. The van der Waals surface area contributed by atoms with Crippen molar-refractivity contribution in [3.63, 3.8) is 0 Å². The monoisotopic (exact) mass is 1020 g/mol. The number of aliphatic hydroxyl groups excluding tert-OH is 3. The molecule has 1 aromatic heterocycles. The standard InChI is InChI=1S/C48H79N3O16P2/c1-3-4-5-6-7-8-9-13-18-21-24-27-30-33-44(54)65-40(36-62-43(53)32-29-26-23-20-17-15-12-10-11-14-16-19-22-25-28-31-39(2)52)37-63-68(58,59)67-69(60,61)64-38-41-45(55)46(56)47(66-41)51-35-34-42(49)50-48(51)57/h8-9,11-12,14-15,19-20,22-23,34-35,39-41,45-47,52,55-56H,3-7,10,13,16-18,21,24-33,36-38H2,1-2H3,(H,58,59)(H,60,61)(H2,49,50,57)/b9-8-,14-11-,15-12-,22-19-,23-20-/t39-,40-,41-,45-,46-,47-/m1/s1. The Hall–Kier alpha value is -3.58. The molecule has 0 aliphatic carbocycles. The summed E-state index contributed by atoms with van der Waals surface area (Å²) in [5, 5.41) is 30.2. The number of nitrogens with zero attached hydrogens (tertiary/aromatic N) is 2. The van der Waals surface area contributed by atoms with Crippen molar-refractivity contribution in [3.8, 4) is 0 Å². The summed E-state index contributed by atoms with van der Waals surface area (Å²) in [6.45, 7) is 1.61. The average molecular weight is 1020 g/mol. The molecule has 0 bridgehead atoms.